The minimum atomic E-state index is -4.85. The van der Waals surface area contributed by atoms with Gasteiger partial charge < -0.3 is 10.2 Å². The van der Waals surface area contributed by atoms with Crippen LogP contribution in [0.4, 0.5) is 18.9 Å². The van der Waals surface area contributed by atoms with E-state index in [2.05, 4.69) is 5.32 Å². The fourth-order valence-corrected chi connectivity index (χ4v) is 5.63. The first kappa shape index (κ1) is 33.9. The number of alkyl halides is 3. The van der Waals surface area contributed by atoms with E-state index in [1.807, 2.05) is 44.2 Å². The average Bonchev–Trinajstić information content (AvgIpc) is 2.93. The van der Waals surface area contributed by atoms with Crippen molar-refractivity contribution >= 4 is 39.1 Å². The van der Waals surface area contributed by atoms with Gasteiger partial charge in [-0.3, -0.25) is 13.9 Å². The fraction of sp³-hybridized carbons (Fsp3) is 0.355. The van der Waals surface area contributed by atoms with E-state index in [0.717, 1.165) is 42.4 Å². The highest BCUT2D eigenvalue weighted by molar-refractivity contribution is 7.92. The van der Waals surface area contributed by atoms with E-state index in [1.165, 1.54) is 4.90 Å². The molecule has 7 nitrogen and oxygen atoms in total. The monoisotopic (exact) mass is 637 g/mol. The number of rotatable bonds is 13. The Labute approximate surface area is 255 Å². The van der Waals surface area contributed by atoms with Gasteiger partial charge in [0, 0.05) is 19.5 Å². The largest absolute Gasteiger partial charge is 0.417 e. The summed E-state index contributed by atoms with van der Waals surface area (Å²) < 4.78 is 67.2. The molecule has 0 aliphatic carbocycles. The van der Waals surface area contributed by atoms with Crippen molar-refractivity contribution in [3.05, 3.63) is 100 Å². The first-order valence-electron chi connectivity index (χ1n) is 13.7. The molecule has 1 N–H and O–H groups in total. The van der Waals surface area contributed by atoms with Crippen LogP contribution in [0.1, 0.15) is 42.0 Å². The number of halogens is 4. The molecule has 0 aliphatic heterocycles. The lowest BCUT2D eigenvalue weighted by Crippen LogP contribution is -2.53. The van der Waals surface area contributed by atoms with E-state index in [0.29, 0.717) is 22.5 Å². The van der Waals surface area contributed by atoms with Crippen molar-refractivity contribution in [1.29, 1.82) is 0 Å². The predicted octanol–water partition coefficient (Wildman–Crippen LogP) is 5.99. The van der Waals surface area contributed by atoms with Gasteiger partial charge >= 0.3 is 6.18 Å². The van der Waals surface area contributed by atoms with Crippen LogP contribution in [0.5, 0.6) is 0 Å². The second kappa shape index (κ2) is 14.7. The third-order valence-electron chi connectivity index (χ3n) is 6.76. The quantitative estimate of drug-likeness (QED) is 0.233. The van der Waals surface area contributed by atoms with Crippen LogP contribution in [0.3, 0.4) is 0 Å². The van der Waals surface area contributed by atoms with Gasteiger partial charge in [0.15, 0.2) is 0 Å². The van der Waals surface area contributed by atoms with Crippen LogP contribution >= 0.6 is 11.6 Å². The van der Waals surface area contributed by atoms with E-state index >= 15 is 0 Å². The zero-order chi connectivity index (χ0) is 31.8. The third kappa shape index (κ3) is 9.72. The molecular weight excluding hydrogens is 603 g/mol. The number of aryl methyl sites for hydroxylation is 1. The number of sulfonamides is 1. The molecule has 12 heteroatoms. The number of hydrogen-bond acceptors (Lipinski definition) is 4. The molecule has 43 heavy (non-hydrogen) atoms. The van der Waals surface area contributed by atoms with Crippen LogP contribution in [-0.2, 0) is 38.8 Å². The highest BCUT2D eigenvalue weighted by atomic mass is 35.5. The van der Waals surface area contributed by atoms with Crippen molar-refractivity contribution in [2.75, 3.05) is 23.7 Å². The zero-order valence-electron chi connectivity index (χ0n) is 24.2. The number of nitrogens with one attached hydrogen (secondary N) is 1. The molecule has 3 aromatic carbocycles. The van der Waals surface area contributed by atoms with Gasteiger partial charge in [0.1, 0.15) is 12.6 Å². The van der Waals surface area contributed by atoms with Gasteiger partial charge in [-0.25, -0.2) is 8.42 Å². The predicted molar refractivity (Wildman–Crippen MR) is 162 cm³/mol. The number of amides is 2. The van der Waals surface area contributed by atoms with E-state index < -0.39 is 51.2 Å². The Morgan fingerprint density at radius 1 is 0.977 bits per heavy atom. The molecule has 3 rings (SSSR count). The molecule has 0 spiro atoms. The lowest BCUT2D eigenvalue weighted by atomic mass is 10.0. The number of benzene rings is 3. The summed E-state index contributed by atoms with van der Waals surface area (Å²) in [5, 5.41) is 2.27. The van der Waals surface area contributed by atoms with Crippen LogP contribution < -0.4 is 9.62 Å². The second-order valence-corrected chi connectivity index (χ2v) is 12.6. The van der Waals surface area contributed by atoms with Gasteiger partial charge in [-0.15, -0.1) is 0 Å². The molecule has 0 saturated heterocycles. The average molecular weight is 638 g/mol. The van der Waals surface area contributed by atoms with Crippen molar-refractivity contribution in [3.63, 3.8) is 0 Å². The Bertz CT molecular complexity index is 1520. The Balaban J connectivity index is 2.08. The molecule has 0 heterocycles. The highest BCUT2D eigenvalue weighted by Gasteiger charge is 2.36. The SMILES string of the molecule is CCCCNC(=O)[C@H](Cc1ccccc1)N(Cc1cccc(C)c1)C(=O)CN(c1ccc(Cl)c(C(F)(F)F)c1)S(C)(=O)=O. The van der Waals surface area contributed by atoms with Crippen molar-refractivity contribution in [3.8, 4) is 0 Å². The first-order chi connectivity index (χ1) is 20.2. The minimum absolute atomic E-state index is 0.0365. The molecule has 0 saturated carbocycles. The standard InChI is InChI=1S/C31H35ClF3N3O4S/c1-4-5-16-36-30(40)28(18-23-11-7-6-8-12-23)37(20-24-13-9-10-22(2)17-24)29(39)21-38(43(3,41)42)25-14-15-27(32)26(19-25)31(33,34)35/h6-15,17,19,28H,4-5,16,18,20-21H2,1-3H3,(H,36,40)/t28-/m0/s1. The Hall–Kier alpha value is -3.57. The number of nitrogens with zero attached hydrogens (tertiary/aromatic N) is 2. The van der Waals surface area contributed by atoms with E-state index in [1.54, 1.807) is 24.3 Å². The van der Waals surface area contributed by atoms with Gasteiger partial charge in [0.2, 0.25) is 21.8 Å². The number of hydrogen-bond donors (Lipinski definition) is 1. The van der Waals surface area contributed by atoms with Gasteiger partial charge in [0.25, 0.3) is 0 Å². The molecule has 1 atom stereocenters. The first-order valence-corrected chi connectivity index (χ1v) is 15.9. The summed E-state index contributed by atoms with van der Waals surface area (Å²) in [6.07, 6.45) is -2.37. The van der Waals surface area contributed by atoms with Gasteiger partial charge in [-0.05, 0) is 42.7 Å². The zero-order valence-corrected chi connectivity index (χ0v) is 25.8. The summed E-state index contributed by atoms with van der Waals surface area (Å²) in [5.74, 6) is -1.18. The Kier molecular flexibility index (Phi) is 11.6. The molecule has 232 valence electrons. The van der Waals surface area contributed by atoms with E-state index in [-0.39, 0.29) is 18.7 Å². The van der Waals surface area contributed by atoms with Crippen molar-refractivity contribution in [2.24, 2.45) is 0 Å². The van der Waals surface area contributed by atoms with Gasteiger partial charge in [0.05, 0.1) is 22.5 Å². The summed E-state index contributed by atoms with van der Waals surface area (Å²) in [6, 6.07) is 18.0. The van der Waals surface area contributed by atoms with Crippen LogP contribution in [-0.4, -0.2) is 50.5 Å². The van der Waals surface area contributed by atoms with Crippen LogP contribution in [0.15, 0.2) is 72.8 Å². The molecule has 0 unspecified atom stereocenters. The summed E-state index contributed by atoms with van der Waals surface area (Å²) in [5.41, 5.74) is 0.768. The molecular formula is C31H35ClF3N3O4S. The fourth-order valence-electron chi connectivity index (χ4n) is 4.57. The van der Waals surface area contributed by atoms with Crippen molar-refractivity contribution in [1.82, 2.24) is 10.2 Å². The maximum absolute atomic E-state index is 14.1. The second-order valence-electron chi connectivity index (χ2n) is 10.3. The third-order valence-corrected chi connectivity index (χ3v) is 8.23. The maximum Gasteiger partial charge on any atom is 0.417 e. The molecule has 0 aromatic heterocycles. The summed E-state index contributed by atoms with van der Waals surface area (Å²) >= 11 is 5.76. The maximum atomic E-state index is 14.1. The molecule has 0 fully saturated rings. The smallest absolute Gasteiger partial charge is 0.354 e. The number of anilines is 1. The highest BCUT2D eigenvalue weighted by Crippen LogP contribution is 2.37. The minimum Gasteiger partial charge on any atom is -0.354 e. The van der Waals surface area contributed by atoms with Gasteiger partial charge in [-0.2, -0.15) is 13.2 Å². The molecule has 2 amide bonds. The number of carbonyl (C=O) groups excluding carboxylic acids is 2. The summed E-state index contributed by atoms with van der Waals surface area (Å²) in [7, 11) is -4.25. The van der Waals surface area contributed by atoms with Crippen molar-refractivity contribution in [2.45, 2.75) is 51.9 Å². The Morgan fingerprint density at radius 3 is 2.26 bits per heavy atom. The molecule has 0 radical (unpaired) electrons. The van der Waals surface area contributed by atoms with Crippen molar-refractivity contribution < 1.29 is 31.2 Å². The topological polar surface area (TPSA) is 86.8 Å². The van der Waals surface area contributed by atoms with Crippen LogP contribution in [0, 0.1) is 6.92 Å². The lowest BCUT2D eigenvalue weighted by molar-refractivity contribution is -0.140. The molecule has 0 bridgehead atoms. The molecule has 3 aromatic rings. The van der Waals surface area contributed by atoms with Crippen LogP contribution in [0.2, 0.25) is 5.02 Å². The summed E-state index contributed by atoms with van der Waals surface area (Å²) in [6.45, 7) is 3.36. The van der Waals surface area contributed by atoms with E-state index in [4.69, 9.17) is 11.6 Å². The normalized spacial score (nSPS) is 12.4. The van der Waals surface area contributed by atoms with E-state index in [9.17, 15) is 31.2 Å². The van der Waals surface area contributed by atoms with Gasteiger partial charge in [-0.1, -0.05) is 85.1 Å². The lowest BCUT2D eigenvalue weighted by Gasteiger charge is -2.33. The molecule has 0 aliphatic rings. The summed E-state index contributed by atoms with van der Waals surface area (Å²) in [4.78, 5) is 29.0. The number of unbranched alkanes of at least 4 members (excludes halogenated alkanes) is 1. The Morgan fingerprint density at radius 2 is 1.65 bits per heavy atom. The van der Waals surface area contributed by atoms with Crippen LogP contribution in [0.25, 0.3) is 0 Å². The number of carbonyl (C=O) groups is 2.